The van der Waals surface area contributed by atoms with Gasteiger partial charge in [0, 0.05) is 17.5 Å². The minimum absolute atomic E-state index is 0.0363. The van der Waals surface area contributed by atoms with Gasteiger partial charge in [0.05, 0.1) is 5.02 Å². The van der Waals surface area contributed by atoms with Crippen LogP contribution in [0.3, 0.4) is 0 Å². The number of carbonyl (C=O) groups is 1. The van der Waals surface area contributed by atoms with Gasteiger partial charge in [0.15, 0.2) is 5.78 Å². The van der Waals surface area contributed by atoms with Gasteiger partial charge < -0.3 is 0 Å². The third-order valence-corrected chi connectivity index (χ3v) is 2.63. The van der Waals surface area contributed by atoms with E-state index in [1.165, 1.54) is 12.1 Å². The Labute approximate surface area is 80.5 Å². The van der Waals surface area contributed by atoms with Crippen molar-refractivity contribution in [1.82, 2.24) is 0 Å². The van der Waals surface area contributed by atoms with Crippen LogP contribution in [-0.2, 0) is 6.42 Å². The summed E-state index contributed by atoms with van der Waals surface area (Å²) in [4.78, 5) is 11.4. The van der Waals surface area contributed by atoms with Crippen LogP contribution in [0.5, 0.6) is 0 Å². The molecule has 2 rings (SSSR count). The van der Waals surface area contributed by atoms with Crippen LogP contribution in [0.1, 0.15) is 28.8 Å². The van der Waals surface area contributed by atoms with E-state index in [4.69, 9.17) is 11.6 Å². The number of halogens is 2. The molecule has 1 nitrogen and oxygen atoms in total. The third kappa shape index (κ3) is 1.35. The highest BCUT2D eigenvalue weighted by Crippen LogP contribution is 2.29. The summed E-state index contributed by atoms with van der Waals surface area (Å²) in [6.07, 6.45) is 1.83. The van der Waals surface area contributed by atoms with Crippen LogP contribution in [0.25, 0.3) is 0 Å². The SMILES string of the molecule is O=C1CCCc2c(F)ccc(Cl)c21. The summed E-state index contributed by atoms with van der Waals surface area (Å²) in [7, 11) is 0. The van der Waals surface area contributed by atoms with Crippen molar-refractivity contribution in [2.75, 3.05) is 0 Å². The lowest BCUT2D eigenvalue weighted by molar-refractivity contribution is 0.0971. The fourth-order valence-corrected chi connectivity index (χ4v) is 1.97. The molecule has 1 aliphatic carbocycles. The lowest BCUT2D eigenvalue weighted by Crippen LogP contribution is -2.13. The van der Waals surface area contributed by atoms with E-state index in [0.717, 1.165) is 6.42 Å². The van der Waals surface area contributed by atoms with Crippen molar-refractivity contribution in [2.24, 2.45) is 0 Å². The van der Waals surface area contributed by atoms with Gasteiger partial charge in [0.1, 0.15) is 5.82 Å². The summed E-state index contributed by atoms with van der Waals surface area (Å²) in [6, 6.07) is 2.76. The predicted molar refractivity (Wildman–Crippen MR) is 48.7 cm³/mol. The van der Waals surface area contributed by atoms with Crippen molar-refractivity contribution < 1.29 is 9.18 Å². The van der Waals surface area contributed by atoms with E-state index in [1.54, 1.807) is 0 Å². The van der Waals surface area contributed by atoms with Crippen LogP contribution in [0, 0.1) is 5.82 Å². The highest BCUT2D eigenvalue weighted by Gasteiger charge is 2.22. The van der Waals surface area contributed by atoms with Crippen molar-refractivity contribution >= 4 is 17.4 Å². The van der Waals surface area contributed by atoms with Gasteiger partial charge in [-0.05, 0) is 25.0 Å². The first-order valence-electron chi connectivity index (χ1n) is 4.20. The second kappa shape index (κ2) is 3.11. The maximum Gasteiger partial charge on any atom is 0.164 e. The first kappa shape index (κ1) is 8.70. The zero-order chi connectivity index (χ0) is 9.42. The molecule has 68 valence electrons. The molecule has 0 saturated carbocycles. The highest BCUT2D eigenvalue weighted by atomic mass is 35.5. The Hall–Kier alpha value is -0.890. The standard InChI is InChI=1S/C10H8ClFO/c11-7-4-5-8(12)6-2-1-3-9(13)10(6)7/h4-5H,1-3H2. The lowest BCUT2D eigenvalue weighted by atomic mass is 9.90. The van der Waals surface area contributed by atoms with Crippen LogP contribution in [0.4, 0.5) is 4.39 Å². The fourth-order valence-electron chi connectivity index (χ4n) is 1.69. The Balaban J connectivity index is 2.67. The van der Waals surface area contributed by atoms with E-state index in [9.17, 15) is 9.18 Å². The normalized spacial score (nSPS) is 15.7. The van der Waals surface area contributed by atoms with E-state index in [-0.39, 0.29) is 11.6 Å². The average Bonchev–Trinajstić information content (AvgIpc) is 2.12. The molecule has 3 heteroatoms. The Morgan fingerprint density at radius 1 is 1.31 bits per heavy atom. The van der Waals surface area contributed by atoms with E-state index in [0.29, 0.717) is 29.0 Å². The van der Waals surface area contributed by atoms with Crippen LogP contribution in [-0.4, -0.2) is 5.78 Å². The number of rotatable bonds is 0. The van der Waals surface area contributed by atoms with Crippen LogP contribution in [0.15, 0.2) is 12.1 Å². The first-order chi connectivity index (χ1) is 6.20. The van der Waals surface area contributed by atoms with Gasteiger partial charge in [-0.1, -0.05) is 11.6 Å². The number of ketones is 1. The average molecular weight is 199 g/mol. The molecule has 0 spiro atoms. The molecule has 1 aliphatic rings. The summed E-state index contributed by atoms with van der Waals surface area (Å²) in [5.41, 5.74) is 0.886. The first-order valence-corrected chi connectivity index (χ1v) is 4.58. The van der Waals surface area contributed by atoms with Gasteiger partial charge in [-0.2, -0.15) is 0 Å². The van der Waals surface area contributed by atoms with Gasteiger partial charge in [-0.25, -0.2) is 4.39 Å². The number of benzene rings is 1. The molecule has 13 heavy (non-hydrogen) atoms. The maximum atomic E-state index is 13.2. The summed E-state index contributed by atoms with van der Waals surface area (Å²) in [5.74, 6) is -0.349. The summed E-state index contributed by atoms with van der Waals surface area (Å²) >= 11 is 5.82. The third-order valence-electron chi connectivity index (χ3n) is 2.31. The van der Waals surface area contributed by atoms with Crippen molar-refractivity contribution in [3.63, 3.8) is 0 Å². The fraction of sp³-hybridized carbons (Fsp3) is 0.300. The molecular formula is C10H8ClFO. The number of carbonyl (C=O) groups excluding carboxylic acids is 1. The summed E-state index contributed by atoms with van der Waals surface area (Å²) < 4.78 is 13.2. The number of fused-ring (bicyclic) bond motifs is 1. The van der Waals surface area contributed by atoms with Crippen LogP contribution in [0.2, 0.25) is 5.02 Å². The van der Waals surface area contributed by atoms with Crippen molar-refractivity contribution in [1.29, 1.82) is 0 Å². The maximum absolute atomic E-state index is 13.2. The smallest absolute Gasteiger partial charge is 0.164 e. The molecule has 0 fully saturated rings. The van der Waals surface area contributed by atoms with Crippen LogP contribution < -0.4 is 0 Å². The van der Waals surface area contributed by atoms with E-state index in [1.807, 2.05) is 0 Å². The molecule has 0 unspecified atom stereocenters. The Kier molecular flexibility index (Phi) is 2.08. The lowest BCUT2D eigenvalue weighted by Gasteiger charge is -2.16. The van der Waals surface area contributed by atoms with Gasteiger partial charge in [-0.15, -0.1) is 0 Å². The van der Waals surface area contributed by atoms with Gasteiger partial charge in [0.2, 0.25) is 0 Å². The second-order valence-electron chi connectivity index (χ2n) is 3.16. The van der Waals surface area contributed by atoms with Crippen molar-refractivity contribution in [2.45, 2.75) is 19.3 Å². The molecule has 0 N–H and O–H groups in total. The second-order valence-corrected chi connectivity index (χ2v) is 3.57. The molecule has 0 saturated heterocycles. The zero-order valence-electron chi connectivity index (χ0n) is 6.94. The highest BCUT2D eigenvalue weighted by molar-refractivity contribution is 6.34. The molecule has 0 atom stereocenters. The molecule has 0 bridgehead atoms. The van der Waals surface area contributed by atoms with E-state index in [2.05, 4.69) is 0 Å². The molecule has 1 aromatic rings. The number of hydrogen-bond acceptors (Lipinski definition) is 1. The van der Waals surface area contributed by atoms with Crippen molar-refractivity contribution in [3.05, 3.63) is 34.1 Å². The molecule has 0 heterocycles. The largest absolute Gasteiger partial charge is 0.294 e. The number of Topliss-reactive ketones (excluding diaryl/α,β-unsaturated/α-hetero) is 1. The van der Waals surface area contributed by atoms with Crippen LogP contribution >= 0.6 is 11.6 Å². The van der Waals surface area contributed by atoms with Gasteiger partial charge in [-0.3, -0.25) is 4.79 Å². The van der Waals surface area contributed by atoms with Crippen molar-refractivity contribution in [3.8, 4) is 0 Å². The van der Waals surface area contributed by atoms with Gasteiger partial charge in [0.25, 0.3) is 0 Å². The minimum Gasteiger partial charge on any atom is -0.294 e. The summed E-state index contributed by atoms with van der Waals surface area (Å²) in [5, 5.41) is 0.376. The molecule has 0 aromatic heterocycles. The molecule has 1 aromatic carbocycles. The predicted octanol–water partition coefficient (Wildman–Crippen LogP) is 3.00. The number of hydrogen-bond donors (Lipinski definition) is 0. The van der Waals surface area contributed by atoms with Gasteiger partial charge >= 0.3 is 0 Å². The Morgan fingerprint density at radius 3 is 2.77 bits per heavy atom. The molecular weight excluding hydrogens is 191 g/mol. The molecule has 0 aliphatic heterocycles. The molecule has 0 radical (unpaired) electrons. The Morgan fingerprint density at radius 2 is 2.08 bits per heavy atom. The Bertz CT molecular complexity index is 373. The summed E-state index contributed by atoms with van der Waals surface area (Å²) in [6.45, 7) is 0. The topological polar surface area (TPSA) is 17.1 Å². The van der Waals surface area contributed by atoms with E-state index >= 15 is 0 Å². The minimum atomic E-state index is -0.313. The zero-order valence-corrected chi connectivity index (χ0v) is 7.70. The quantitative estimate of drug-likeness (QED) is 0.626. The molecule has 0 amide bonds. The van der Waals surface area contributed by atoms with E-state index < -0.39 is 0 Å². The monoisotopic (exact) mass is 198 g/mol.